The summed E-state index contributed by atoms with van der Waals surface area (Å²) >= 11 is 0. The topological polar surface area (TPSA) is 43.9 Å². The van der Waals surface area contributed by atoms with Crippen LogP contribution in [0.2, 0.25) is 0 Å². The van der Waals surface area contributed by atoms with E-state index in [1.807, 2.05) is 0 Å². The number of amides is 3. The summed E-state index contributed by atoms with van der Waals surface area (Å²) < 4.78 is 24.2. The van der Waals surface area contributed by atoms with Crippen LogP contribution in [0.5, 0.6) is 0 Å². The summed E-state index contributed by atoms with van der Waals surface area (Å²) in [5.41, 5.74) is 0. The van der Waals surface area contributed by atoms with Crippen LogP contribution >= 0.6 is 0 Å². The van der Waals surface area contributed by atoms with Crippen LogP contribution in [0.15, 0.2) is 0 Å². The van der Waals surface area contributed by atoms with Crippen molar-refractivity contribution in [2.45, 2.75) is 6.43 Å². The molecule has 1 rings (SSSR count). The lowest BCUT2D eigenvalue weighted by Gasteiger charge is -2.35. The molecule has 0 atom stereocenters. The number of urea groups is 1. The van der Waals surface area contributed by atoms with Gasteiger partial charge in [-0.15, -0.1) is 0 Å². The van der Waals surface area contributed by atoms with E-state index in [-0.39, 0.29) is 19.1 Å². The first-order valence-electron chi connectivity index (χ1n) is 4.96. The molecular weight excluding hydrogens is 220 g/mol. The Morgan fingerprint density at radius 2 is 1.50 bits per heavy atom. The highest BCUT2D eigenvalue weighted by molar-refractivity contribution is 5.80. The van der Waals surface area contributed by atoms with Gasteiger partial charge in [0.05, 0.1) is 0 Å². The van der Waals surface area contributed by atoms with Crippen LogP contribution in [0.4, 0.5) is 13.6 Å². The molecule has 0 spiro atoms. The second-order valence-corrected chi connectivity index (χ2v) is 3.79. The van der Waals surface area contributed by atoms with Crippen molar-refractivity contribution in [3.63, 3.8) is 0 Å². The largest absolute Gasteiger partial charge is 0.334 e. The van der Waals surface area contributed by atoms with Gasteiger partial charge in [-0.3, -0.25) is 4.79 Å². The molecule has 0 aromatic rings. The maximum absolute atomic E-state index is 12.1. The Labute approximate surface area is 92.6 Å². The molecule has 0 aliphatic carbocycles. The Morgan fingerprint density at radius 3 is 1.88 bits per heavy atom. The summed E-state index contributed by atoms with van der Waals surface area (Å²) in [5, 5.41) is 0. The minimum absolute atomic E-state index is 0.163. The number of carbonyl (C=O) groups excluding carboxylic acids is 2. The Kier molecular flexibility index (Phi) is 4.03. The SMILES string of the molecule is CN(C)C(=O)N1CCN(C(=O)C(F)F)CC1. The molecule has 0 unspecified atom stereocenters. The third kappa shape index (κ3) is 2.80. The lowest BCUT2D eigenvalue weighted by atomic mass is 10.3. The van der Waals surface area contributed by atoms with Crippen LogP contribution in [0, 0.1) is 0 Å². The maximum atomic E-state index is 12.1. The molecule has 0 aromatic carbocycles. The molecule has 16 heavy (non-hydrogen) atoms. The van der Waals surface area contributed by atoms with Crippen molar-refractivity contribution >= 4 is 11.9 Å². The number of alkyl halides is 2. The number of hydrogen-bond acceptors (Lipinski definition) is 2. The van der Waals surface area contributed by atoms with Crippen LogP contribution in [-0.2, 0) is 4.79 Å². The lowest BCUT2D eigenvalue weighted by molar-refractivity contribution is -0.144. The zero-order valence-electron chi connectivity index (χ0n) is 9.32. The highest BCUT2D eigenvalue weighted by Gasteiger charge is 2.28. The second kappa shape index (κ2) is 5.09. The van der Waals surface area contributed by atoms with Gasteiger partial charge in [-0.1, -0.05) is 0 Å². The minimum Gasteiger partial charge on any atom is -0.334 e. The van der Waals surface area contributed by atoms with Crippen molar-refractivity contribution in [3.05, 3.63) is 0 Å². The van der Waals surface area contributed by atoms with Gasteiger partial charge in [0.2, 0.25) is 0 Å². The van der Waals surface area contributed by atoms with Gasteiger partial charge in [-0.25, -0.2) is 4.79 Å². The Balaban J connectivity index is 2.45. The molecule has 7 heteroatoms. The van der Waals surface area contributed by atoms with Crippen molar-refractivity contribution in [3.8, 4) is 0 Å². The van der Waals surface area contributed by atoms with Crippen LogP contribution in [0.1, 0.15) is 0 Å². The number of nitrogens with zero attached hydrogens (tertiary/aromatic N) is 3. The number of rotatable bonds is 1. The van der Waals surface area contributed by atoms with Crippen LogP contribution in [0.3, 0.4) is 0 Å². The zero-order chi connectivity index (χ0) is 12.3. The normalized spacial score (nSPS) is 16.6. The van der Waals surface area contributed by atoms with Gasteiger partial charge in [0.15, 0.2) is 0 Å². The summed E-state index contributed by atoms with van der Waals surface area (Å²) in [5.74, 6) is -1.16. The first kappa shape index (κ1) is 12.7. The summed E-state index contributed by atoms with van der Waals surface area (Å²) in [7, 11) is 3.25. The number of halogens is 2. The average Bonchev–Trinajstić information content (AvgIpc) is 2.27. The summed E-state index contributed by atoms with van der Waals surface area (Å²) in [4.78, 5) is 26.5. The van der Waals surface area contributed by atoms with E-state index in [9.17, 15) is 18.4 Å². The molecule has 0 saturated carbocycles. The van der Waals surface area contributed by atoms with E-state index in [0.29, 0.717) is 13.1 Å². The van der Waals surface area contributed by atoms with Gasteiger partial charge in [0, 0.05) is 40.3 Å². The average molecular weight is 235 g/mol. The van der Waals surface area contributed by atoms with Crippen LogP contribution in [0.25, 0.3) is 0 Å². The van der Waals surface area contributed by atoms with Gasteiger partial charge in [0.25, 0.3) is 5.91 Å². The molecule has 1 fully saturated rings. The molecule has 0 N–H and O–H groups in total. The van der Waals surface area contributed by atoms with Gasteiger partial charge in [-0.2, -0.15) is 8.78 Å². The summed E-state index contributed by atoms with van der Waals surface area (Å²) in [6, 6.07) is -0.163. The molecule has 0 bridgehead atoms. The van der Waals surface area contributed by atoms with Crippen molar-refractivity contribution in [1.29, 1.82) is 0 Å². The third-order valence-corrected chi connectivity index (χ3v) is 2.43. The first-order chi connectivity index (χ1) is 7.43. The molecule has 0 radical (unpaired) electrons. The van der Waals surface area contributed by atoms with Gasteiger partial charge < -0.3 is 14.7 Å². The van der Waals surface area contributed by atoms with E-state index in [1.54, 1.807) is 14.1 Å². The molecule has 1 heterocycles. The van der Waals surface area contributed by atoms with E-state index < -0.39 is 12.3 Å². The van der Waals surface area contributed by atoms with E-state index in [4.69, 9.17) is 0 Å². The Morgan fingerprint density at radius 1 is 1.06 bits per heavy atom. The fourth-order valence-corrected chi connectivity index (χ4v) is 1.54. The summed E-state index contributed by atoms with van der Waals surface area (Å²) in [6.07, 6.45) is -2.96. The molecular formula is C9H15F2N3O2. The lowest BCUT2D eigenvalue weighted by Crippen LogP contribution is -2.53. The van der Waals surface area contributed by atoms with E-state index in [1.165, 1.54) is 9.80 Å². The Hall–Kier alpha value is -1.40. The van der Waals surface area contributed by atoms with Crippen molar-refractivity contribution in [1.82, 2.24) is 14.7 Å². The molecule has 1 aliphatic rings. The molecule has 0 aromatic heterocycles. The number of piperazine rings is 1. The molecule has 1 saturated heterocycles. The van der Waals surface area contributed by atoms with Crippen molar-refractivity contribution in [2.75, 3.05) is 40.3 Å². The molecule has 3 amide bonds. The molecule has 92 valence electrons. The number of carbonyl (C=O) groups is 2. The van der Waals surface area contributed by atoms with Crippen molar-refractivity contribution in [2.24, 2.45) is 0 Å². The smallest absolute Gasteiger partial charge is 0.319 e. The monoisotopic (exact) mass is 235 g/mol. The fourth-order valence-electron chi connectivity index (χ4n) is 1.54. The van der Waals surface area contributed by atoms with Gasteiger partial charge in [-0.05, 0) is 0 Å². The van der Waals surface area contributed by atoms with E-state index >= 15 is 0 Å². The highest BCUT2D eigenvalue weighted by Crippen LogP contribution is 2.07. The van der Waals surface area contributed by atoms with Crippen molar-refractivity contribution < 1.29 is 18.4 Å². The standard InChI is InChI=1S/C9H15F2N3O2/c1-12(2)9(16)14-5-3-13(4-6-14)8(15)7(10)11/h7H,3-6H2,1-2H3. The third-order valence-electron chi connectivity index (χ3n) is 2.43. The first-order valence-corrected chi connectivity index (χ1v) is 4.96. The number of hydrogen-bond donors (Lipinski definition) is 0. The van der Waals surface area contributed by atoms with Gasteiger partial charge in [0.1, 0.15) is 0 Å². The van der Waals surface area contributed by atoms with E-state index in [2.05, 4.69) is 0 Å². The predicted molar refractivity (Wildman–Crippen MR) is 53.2 cm³/mol. The van der Waals surface area contributed by atoms with Crippen LogP contribution < -0.4 is 0 Å². The minimum atomic E-state index is -2.96. The van der Waals surface area contributed by atoms with E-state index in [0.717, 1.165) is 4.90 Å². The van der Waals surface area contributed by atoms with Gasteiger partial charge >= 0.3 is 12.5 Å². The maximum Gasteiger partial charge on any atom is 0.319 e. The quantitative estimate of drug-likeness (QED) is 0.646. The highest BCUT2D eigenvalue weighted by atomic mass is 19.3. The molecule has 5 nitrogen and oxygen atoms in total. The fraction of sp³-hybridized carbons (Fsp3) is 0.778. The molecule has 1 aliphatic heterocycles. The predicted octanol–water partition coefficient (Wildman–Crippen LogP) is 0.0773. The summed E-state index contributed by atoms with van der Waals surface area (Å²) in [6.45, 7) is 0.941. The Bertz CT molecular complexity index is 248. The zero-order valence-corrected chi connectivity index (χ0v) is 9.32. The van der Waals surface area contributed by atoms with Crippen LogP contribution in [-0.4, -0.2) is 73.3 Å². The second-order valence-electron chi connectivity index (χ2n) is 3.79.